The molecular formula is C17H17NO4S. The Kier molecular flexibility index (Phi) is 4.34. The summed E-state index contributed by atoms with van der Waals surface area (Å²) in [6.07, 6.45) is 1.32. The molecule has 2 aromatic rings. The van der Waals surface area contributed by atoms with Gasteiger partial charge in [0.1, 0.15) is 5.75 Å². The molecule has 0 bridgehead atoms. The summed E-state index contributed by atoms with van der Waals surface area (Å²) in [7, 11) is -3.17. The van der Waals surface area contributed by atoms with E-state index in [9.17, 15) is 13.2 Å². The molecule has 0 aliphatic carbocycles. The monoisotopic (exact) mass is 331 g/mol. The van der Waals surface area contributed by atoms with E-state index in [1.807, 2.05) is 18.2 Å². The number of amides is 1. The molecule has 23 heavy (non-hydrogen) atoms. The number of hydrogen-bond acceptors (Lipinski definition) is 4. The Bertz CT molecular complexity index is 816. The molecule has 1 aliphatic heterocycles. The number of benzene rings is 2. The van der Waals surface area contributed by atoms with E-state index in [0.29, 0.717) is 29.2 Å². The number of aryl methyl sites for hydroxylation is 1. The molecule has 1 aliphatic rings. The number of para-hydroxylation sites is 1. The topological polar surface area (TPSA) is 72.5 Å². The van der Waals surface area contributed by atoms with Crippen molar-refractivity contribution in [1.82, 2.24) is 0 Å². The lowest BCUT2D eigenvalue weighted by atomic mass is 10.1. The first-order chi connectivity index (χ1) is 11.0. The minimum absolute atomic E-state index is 0.0978. The molecule has 1 amide bonds. The van der Waals surface area contributed by atoms with Crippen LogP contribution in [0.25, 0.3) is 0 Å². The standard InChI is InChI=1S/C17H17NO4S/c19-17(12-22-15-6-2-1-3-7-15)18-14-8-9-16-13(11-14)5-4-10-23(16,20)21/h1-3,6-9,11H,4-5,10,12H2,(H,18,19). The smallest absolute Gasteiger partial charge is 0.262 e. The number of fused-ring (bicyclic) bond motifs is 1. The van der Waals surface area contributed by atoms with E-state index in [4.69, 9.17) is 4.74 Å². The van der Waals surface area contributed by atoms with E-state index in [-0.39, 0.29) is 18.3 Å². The molecule has 3 rings (SSSR count). The lowest BCUT2D eigenvalue weighted by molar-refractivity contribution is -0.118. The van der Waals surface area contributed by atoms with Crippen molar-refractivity contribution >= 4 is 21.4 Å². The fourth-order valence-corrected chi connectivity index (χ4v) is 4.16. The zero-order chi connectivity index (χ0) is 16.3. The molecule has 1 heterocycles. The summed E-state index contributed by atoms with van der Waals surface area (Å²) in [5, 5.41) is 2.73. The summed E-state index contributed by atoms with van der Waals surface area (Å²) in [6.45, 7) is -0.0978. The van der Waals surface area contributed by atoms with E-state index < -0.39 is 9.84 Å². The van der Waals surface area contributed by atoms with Crippen molar-refractivity contribution in [3.05, 3.63) is 54.1 Å². The maximum absolute atomic E-state index is 12.0. The Labute approximate surface area is 135 Å². The van der Waals surface area contributed by atoms with Gasteiger partial charge in [-0.1, -0.05) is 18.2 Å². The third kappa shape index (κ3) is 3.71. The zero-order valence-electron chi connectivity index (χ0n) is 12.5. The molecule has 0 saturated heterocycles. The van der Waals surface area contributed by atoms with Crippen molar-refractivity contribution in [3.8, 4) is 5.75 Å². The number of hydrogen-bond donors (Lipinski definition) is 1. The van der Waals surface area contributed by atoms with Gasteiger partial charge in [-0.3, -0.25) is 4.79 Å². The molecular weight excluding hydrogens is 314 g/mol. The quantitative estimate of drug-likeness (QED) is 0.934. The highest BCUT2D eigenvalue weighted by molar-refractivity contribution is 7.91. The number of ether oxygens (including phenoxy) is 1. The Morgan fingerprint density at radius 2 is 1.91 bits per heavy atom. The van der Waals surface area contributed by atoms with Crippen molar-refractivity contribution < 1.29 is 17.9 Å². The van der Waals surface area contributed by atoms with Gasteiger partial charge in [0.2, 0.25) is 0 Å². The Balaban J connectivity index is 1.65. The second-order valence-corrected chi connectivity index (χ2v) is 7.47. The molecule has 0 unspecified atom stereocenters. The molecule has 6 heteroatoms. The highest BCUT2D eigenvalue weighted by Gasteiger charge is 2.23. The Morgan fingerprint density at radius 1 is 1.13 bits per heavy atom. The van der Waals surface area contributed by atoms with Gasteiger partial charge in [0.05, 0.1) is 10.6 Å². The van der Waals surface area contributed by atoms with Gasteiger partial charge < -0.3 is 10.1 Å². The maximum atomic E-state index is 12.0. The number of rotatable bonds is 4. The van der Waals surface area contributed by atoms with E-state index in [0.717, 1.165) is 5.56 Å². The van der Waals surface area contributed by atoms with Gasteiger partial charge in [0.25, 0.3) is 5.91 Å². The fourth-order valence-electron chi connectivity index (χ4n) is 2.58. The van der Waals surface area contributed by atoms with Crippen molar-refractivity contribution in [1.29, 1.82) is 0 Å². The predicted octanol–water partition coefficient (Wildman–Crippen LogP) is 2.42. The van der Waals surface area contributed by atoms with Gasteiger partial charge in [-0.15, -0.1) is 0 Å². The second kappa shape index (κ2) is 6.42. The van der Waals surface area contributed by atoms with Crippen LogP contribution in [0.3, 0.4) is 0 Å². The Hall–Kier alpha value is -2.34. The number of anilines is 1. The third-order valence-electron chi connectivity index (χ3n) is 3.65. The SMILES string of the molecule is O=C(COc1ccccc1)Nc1ccc2c(c1)CCCS2(=O)=O. The van der Waals surface area contributed by atoms with Crippen molar-refractivity contribution in [3.63, 3.8) is 0 Å². The van der Waals surface area contributed by atoms with Crippen LogP contribution in [-0.2, 0) is 21.1 Å². The zero-order valence-corrected chi connectivity index (χ0v) is 13.3. The normalized spacial score (nSPS) is 15.5. The summed E-state index contributed by atoms with van der Waals surface area (Å²) in [5.74, 6) is 0.531. The predicted molar refractivity (Wildman–Crippen MR) is 87.4 cm³/mol. The minimum Gasteiger partial charge on any atom is -0.484 e. The van der Waals surface area contributed by atoms with Gasteiger partial charge in [-0.2, -0.15) is 0 Å². The molecule has 0 atom stereocenters. The number of carbonyl (C=O) groups is 1. The summed E-state index contributed by atoms with van der Waals surface area (Å²) in [4.78, 5) is 12.3. The average Bonchev–Trinajstić information content (AvgIpc) is 2.53. The van der Waals surface area contributed by atoms with E-state index in [1.165, 1.54) is 0 Å². The van der Waals surface area contributed by atoms with Crippen molar-refractivity contribution in [2.24, 2.45) is 0 Å². The number of carbonyl (C=O) groups excluding carboxylic acids is 1. The molecule has 2 aromatic carbocycles. The first-order valence-electron chi connectivity index (χ1n) is 7.38. The van der Waals surface area contributed by atoms with Gasteiger partial charge in [0, 0.05) is 5.69 Å². The first-order valence-corrected chi connectivity index (χ1v) is 9.03. The van der Waals surface area contributed by atoms with E-state index in [2.05, 4.69) is 5.32 Å². The van der Waals surface area contributed by atoms with Crippen molar-refractivity contribution in [2.75, 3.05) is 17.7 Å². The molecule has 5 nitrogen and oxygen atoms in total. The van der Waals surface area contributed by atoms with Crippen LogP contribution in [0.2, 0.25) is 0 Å². The summed E-state index contributed by atoms with van der Waals surface area (Å²) >= 11 is 0. The molecule has 0 fully saturated rings. The van der Waals surface area contributed by atoms with Crippen LogP contribution in [0, 0.1) is 0 Å². The van der Waals surface area contributed by atoms with Crippen LogP contribution in [-0.4, -0.2) is 26.7 Å². The highest BCUT2D eigenvalue weighted by Crippen LogP contribution is 2.27. The van der Waals surface area contributed by atoms with Crippen LogP contribution in [0.4, 0.5) is 5.69 Å². The van der Waals surface area contributed by atoms with Gasteiger partial charge >= 0.3 is 0 Å². The highest BCUT2D eigenvalue weighted by atomic mass is 32.2. The Morgan fingerprint density at radius 3 is 2.70 bits per heavy atom. The summed E-state index contributed by atoms with van der Waals surface area (Å²) in [6, 6.07) is 14.0. The van der Waals surface area contributed by atoms with Gasteiger partial charge in [-0.05, 0) is 48.7 Å². The van der Waals surface area contributed by atoms with Crippen LogP contribution >= 0.6 is 0 Å². The van der Waals surface area contributed by atoms with Crippen LogP contribution in [0.15, 0.2) is 53.4 Å². The van der Waals surface area contributed by atoms with Crippen LogP contribution < -0.4 is 10.1 Å². The summed E-state index contributed by atoms with van der Waals surface area (Å²) < 4.78 is 29.3. The summed E-state index contributed by atoms with van der Waals surface area (Å²) in [5.41, 5.74) is 1.35. The van der Waals surface area contributed by atoms with Crippen LogP contribution in [0.5, 0.6) is 5.75 Å². The maximum Gasteiger partial charge on any atom is 0.262 e. The fraction of sp³-hybridized carbons (Fsp3) is 0.235. The second-order valence-electron chi connectivity index (χ2n) is 5.39. The molecule has 0 spiro atoms. The van der Waals surface area contributed by atoms with Crippen LogP contribution in [0.1, 0.15) is 12.0 Å². The molecule has 0 aromatic heterocycles. The number of nitrogens with one attached hydrogen (secondary N) is 1. The molecule has 120 valence electrons. The van der Waals surface area contributed by atoms with E-state index >= 15 is 0 Å². The molecule has 0 radical (unpaired) electrons. The lowest BCUT2D eigenvalue weighted by Crippen LogP contribution is -2.21. The molecule has 1 N–H and O–H groups in total. The number of sulfone groups is 1. The first kappa shape index (κ1) is 15.6. The van der Waals surface area contributed by atoms with E-state index in [1.54, 1.807) is 30.3 Å². The lowest BCUT2D eigenvalue weighted by Gasteiger charge is -2.17. The largest absolute Gasteiger partial charge is 0.484 e. The third-order valence-corrected chi connectivity index (χ3v) is 5.55. The van der Waals surface area contributed by atoms with Gasteiger partial charge in [0.15, 0.2) is 16.4 Å². The minimum atomic E-state index is -3.17. The average molecular weight is 331 g/mol. The van der Waals surface area contributed by atoms with Crippen molar-refractivity contribution in [2.45, 2.75) is 17.7 Å². The van der Waals surface area contributed by atoms with Gasteiger partial charge in [-0.25, -0.2) is 8.42 Å². The molecule has 0 saturated carbocycles.